The molecular formula is C21H28Cl2N4O3. The van der Waals surface area contributed by atoms with Gasteiger partial charge in [-0.05, 0) is 30.7 Å². The van der Waals surface area contributed by atoms with Crippen molar-refractivity contribution >= 4 is 40.8 Å². The number of methoxy groups -OCH3 is 1. The first-order valence-electron chi connectivity index (χ1n) is 9.74. The second kappa shape index (κ2) is 11.8. The Labute approximate surface area is 187 Å². The van der Waals surface area contributed by atoms with Gasteiger partial charge in [0.2, 0.25) is 5.91 Å². The zero-order valence-corrected chi connectivity index (χ0v) is 19.0. The van der Waals surface area contributed by atoms with Gasteiger partial charge in [0.05, 0.1) is 28.9 Å². The highest BCUT2D eigenvalue weighted by Gasteiger charge is 2.22. The molecule has 7 nitrogen and oxygen atoms in total. The first-order valence-corrected chi connectivity index (χ1v) is 10.5. The highest BCUT2D eigenvalue weighted by Crippen LogP contribution is 2.29. The van der Waals surface area contributed by atoms with Gasteiger partial charge in [-0.3, -0.25) is 4.79 Å². The smallest absolute Gasteiger partial charge is 0.322 e. The van der Waals surface area contributed by atoms with E-state index < -0.39 is 6.03 Å². The number of anilines is 1. The molecule has 0 bridgehead atoms. The number of rotatable bonds is 10. The van der Waals surface area contributed by atoms with Crippen molar-refractivity contribution in [3.63, 3.8) is 0 Å². The maximum absolute atomic E-state index is 13.0. The van der Waals surface area contributed by atoms with Crippen molar-refractivity contribution in [2.75, 3.05) is 38.7 Å². The predicted octanol–water partition coefficient (Wildman–Crippen LogP) is 4.25. The van der Waals surface area contributed by atoms with E-state index >= 15 is 0 Å². The summed E-state index contributed by atoms with van der Waals surface area (Å²) >= 11 is 12.2. The quantitative estimate of drug-likeness (QED) is 0.583. The number of ether oxygens (including phenoxy) is 1. The van der Waals surface area contributed by atoms with E-state index in [9.17, 15) is 9.59 Å². The zero-order chi connectivity index (χ0) is 22.1. The van der Waals surface area contributed by atoms with E-state index in [2.05, 4.69) is 5.32 Å². The second-order valence-electron chi connectivity index (χ2n) is 6.87. The van der Waals surface area contributed by atoms with Crippen molar-refractivity contribution in [2.24, 2.45) is 7.05 Å². The average Bonchev–Trinajstić information content (AvgIpc) is 3.12. The van der Waals surface area contributed by atoms with Crippen LogP contribution in [0.5, 0.6) is 0 Å². The number of nitrogens with zero attached hydrogens (tertiary/aromatic N) is 3. The number of nitrogens with one attached hydrogen (secondary N) is 1. The largest absolute Gasteiger partial charge is 0.383 e. The Hall–Kier alpha value is -2.22. The summed E-state index contributed by atoms with van der Waals surface area (Å²) in [4.78, 5) is 29.0. The van der Waals surface area contributed by atoms with Crippen LogP contribution < -0.4 is 5.32 Å². The predicted molar refractivity (Wildman–Crippen MR) is 120 cm³/mol. The van der Waals surface area contributed by atoms with Crippen LogP contribution in [0.4, 0.5) is 10.5 Å². The van der Waals surface area contributed by atoms with E-state index in [1.54, 1.807) is 30.2 Å². The minimum atomic E-state index is -0.403. The molecule has 0 aliphatic heterocycles. The van der Waals surface area contributed by atoms with Crippen LogP contribution in [0.1, 0.15) is 19.0 Å². The minimum Gasteiger partial charge on any atom is -0.383 e. The summed E-state index contributed by atoms with van der Waals surface area (Å²) in [6.07, 6.45) is 2.64. The number of benzene rings is 1. The van der Waals surface area contributed by atoms with Crippen LogP contribution in [0.3, 0.4) is 0 Å². The second-order valence-corrected chi connectivity index (χ2v) is 7.66. The van der Waals surface area contributed by atoms with Gasteiger partial charge in [0.15, 0.2) is 0 Å². The van der Waals surface area contributed by atoms with E-state index in [0.29, 0.717) is 43.4 Å². The van der Waals surface area contributed by atoms with Gasteiger partial charge in [0.1, 0.15) is 6.54 Å². The summed E-state index contributed by atoms with van der Waals surface area (Å²) in [6.45, 7) is 3.61. The van der Waals surface area contributed by atoms with E-state index in [0.717, 1.165) is 5.69 Å². The van der Waals surface area contributed by atoms with Crippen molar-refractivity contribution in [3.8, 4) is 0 Å². The van der Waals surface area contributed by atoms with Crippen LogP contribution in [0.15, 0.2) is 36.5 Å². The molecule has 0 radical (unpaired) electrons. The van der Waals surface area contributed by atoms with Crippen LogP contribution in [-0.4, -0.2) is 59.7 Å². The topological polar surface area (TPSA) is 66.8 Å². The number of aryl methyl sites for hydroxylation is 1. The molecule has 0 aliphatic carbocycles. The maximum Gasteiger partial charge on any atom is 0.322 e. The van der Waals surface area contributed by atoms with Gasteiger partial charge in [0.25, 0.3) is 0 Å². The number of halogens is 2. The molecule has 0 spiro atoms. The van der Waals surface area contributed by atoms with Gasteiger partial charge >= 0.3 is 6.03 Å². The first kappa shape index (κ1) is 24.1. The number of carbonyl (C=O) groups excluding carboxylic acids is 2. The molecule has 30 heavy (non-hydrogen) atoms. The monoisotopic (exact) mass is 454 g/mol. The molecule has 0 saturated heterocycles. The molecule has 0 unspecified atom stereocenters. The summed E-state index contributed by atoms with van der Waals surface area (Å²) < 4.78 is 7.12. The van der Waals surface area contributed by atoms with Gasteiger partial charge in [-0.1, -0.05) is 36.2 Å². The van der Waals surface area contributed by atoms with Gasteiger partial charge in [0, 0.05) is 39.1 Å². The molecule has 1 N–H and O–H groups in total. The van der Waals surface area contributed by atoms with Crippen LogP contribution in [0.25, 0.3) is 0 Å². The number of aromatic nitrogens is 1. The first-order chi connectivity index (χ1) is 14.4. The molecule has 1 aromatic heterocycles. The molecule has 0 atom stereocenters. The lowest BCUT2D eigenvalue weighted by Gasteiger charge is -2.28. The normalized spacial score (nSPS) is 10.7. The summed E-state index contributed by atoms with van der Waals surface area (Å²) in [5, 5.41) is 3.36. The van der Waals surface area contributed by atoms with Crippen LogP contribution in [0.2, 0.25) is 10.0 Å². The van der Waals surface area contributed by atoms with Crippen molar-refractivity contribution in [2.45, 2.75) is 19.9 Å². The lowest BCUT2D eigenvalue weighted by atomic mass is 10.3. The summed E-state index contributed by atoms with van der Waals surface area (Å²) in [5.41, 5.74) is 1.40. The molecule has 2 rings (SSSR count). The number of amides is 3. The highest BCUT2D eigenvalue weighted by molar-refractivity contribution is 6.43. The van der Waals surface area contributed by atoms with Gasteiger partial charge in [-0.25, -0.2) is 4.79 Å². The maximum atomic E-state index is 13.0. The fourth-order valence-electron chi connectivity index (χ4n) is 2.93. The van der Waals surface area contributed by atoms with Gasteiger partial charge in [-0.2, -0.15) is 0 Å². The lowest BCUT2D eigenvalue weighted by molar-refractivity contribution is -0.133. The molecule has 164 valence electrons. The summed E-state index contributed by atoms with van der Waals surface area (Å²) in [7, 11) is 3.52. The molecular weight excluding hydrogens is 427 g/mol. The molecule has 0 aliphatic rings. The Kier molecular flexibility index (Phi) is 9.49. The number of hydrogen-bond donors (Lipinski definition) is 1. The van der Waals surface area contributed by atoms with E-state index in [-0.39, 0.29) is 17.5 Å². The fraction of sp³-hybridized carbons (Fsp3) is 0.429. The highest BCUT2D eigenvalue weighted by atomic mass is 35.5. The average molecular weight is 455 g/mol. The number of hydrogen-bond acceptors (Lipinski definition) is 3. The zero-order valence-electron chi connectivity index (χ0n) is 17.5. The standard InChI is InChI=1S/C21H28Cl2N4O3/c1-4-10-27(21(29)24-18-9-5-8-17(22)20(18)23)15-19(28)26(12-13-30-3)14-16-7-6-11-25(16)2/h5-9,11H,4,10,12-15H2,1-3H3,(H,24,29). The van der Waals surface area contributed by atoms with E-state index in [1.165, 1.54) is 4.90 Å². The Morgan fingerprint density at radius 3 is 2.53 bits per heavy atom. The van der Waals surface area contributed by atoms with E-state index in [1.807, 2.05) is 36.9 Å². The lowest BCUT2D eigenvalue weighted by Crippen LogP contribution is -2.45. The Balaban J connectivity index is 2.11. The van der Waals surface area contributed by atoms with Crippen molar-refractivity contribution in [1.29, 1.82) is 0 Å². The number of carbonyl (C=O) groups is 2. The summed E-state index contributed by atoms with van der Waals surface area (Å²) in [6, 6.07) is 8.50. The molecule has 0 fully saturated rings. The third-order valence-corrected chi connectivity index (χ3v) is 5.44. The third kappa shape index (κ3) is 6.65. The molecule has 1 aromatic carbocycles. The van der Waals surface area contributed by atoms with Crippen molar-refractivity contribution < 1.29 is 14.3 Å². The van der Waals surface area contributed by atoms with Crippen molar-refractivity contribution in [1.82, 2.24) is 14.4 Å². The Morgan fingerprint density at radius 1 is 1.13 bits per heavy atom. The Morgan fingerprint density at radius 2 is 1.90 bits per heavy atom. The fourth-order valence-corrected chi connectivity index (χ4v) is 3.28. The molecule has 3 amide bonds. The van der Waals surface area contributed by atoms with Crippen LogP contribution in [-0.2, 0) is 23.1 Å². The summed E-state index contributed by atoms with van der Waals surface area (Å²) in [5.74, 6) is -0.158. The number of urea groups is 1. The SMILES string of the molecule is CCCN(CC(=O)N(CCOC)Cc1cccn1C)C(=O)Nc1cccc(Cl)c1Cl. The van der Waals surface area contributed by atoms with Crippen molar-refractivity contribution in [3.05, 3.63) is 52.3 Å². The third-order valence-electron chi connectivity index (χ3n) is 4.62. The van der Waals surface area contributed by atoms with Gasteiger partial charge in [-0.15, -0.1) is 0 Å². The minimum absolute atomic E-state index is 0.0496. The molecule has 9 heteroatoms. The molecule has 0 saturated carbocycles. The molecule has 2 aromatic rings. The van der Waals surface area contributed by atoms with Crippen LogP contribution >= 0.6 is 23.2 Å². The van der Waals surface area contributed by atoms with E-state index in [4.69, 9.17) is 27.9 Å². The van der Waals surface area contributed by atoms with Crippen LogP contribution in [0, 0.1) is 0 Å². The molecule has 1 heterocycles. The Bertz CT molecular complexity index is 857. The van der Waals surface area contributed by atoms with Gasteiger partial charge < -0.3 is 24.4 Å².